The Kier molecular flexibility index (Phi) is 8.85. The minimum absolute atomic E-state index is 0. The molecular weight excluding hydrogens is 309 g/mol. The molecule has 3 N–H and O–H groups in total. The van der Waals surface area contributed by atoms with E-state index < -0.39 is 13.0 Å². The predicted octanol–water partition coefficient (Wildman–Crippen LogP) is 3.22. The lowest BCUT2D eigenvalue weighted by Crippen LogP contribution is -2.26. The average Bonchev–Trinajstić information content (AvgIpc) is 2.38. The Labute approximate surface area is 130 Å². The molecule has 0 amide bonds. The first kappa shape index (κ1) is 19.2. The summed E-state index contributed by atoms with van der Waals surface area (Å²) in [5.41, 5.74) is 7.25. The quantitative estimate of drug-likeness (QED) is 0.834. The number of hydrogen-bond acceptors (Lipinski definition) is 3. The summed E-state index contributed by atoms with van der Waals surface area (Å²) >= 11 is 0. The van der Waals surface area contributed by atoms with Gasteiger partial charge in [-0.3, -0.25) is 0 Å². The van der Waals surface area contributed by atoms with Gasteiger partial charge in [0, 0.05) is 0 Å². The number of halogens is 4. The van der Waals surface area contributed by atoms with E-state index in [4.69, 9.17) is 10.5 Å². The van der Waals surface area contributed by atoms with E-state index in [1.807, 2.05) is 6.07 Å². The van der Waals surface area contributed by atoms with Gasteiger partial charge in [0.2, 0.25) is 0 Å². The number of nitrogens with one attached hydrogen (secondary N) is 1. The van der Waals surface area contributed by atoms with E-state index in [1.165, 1.54) is 0 Å². The molecular formula is C13H20Cl2F2N2O. The molecule has 1 fully saturated rings. The topological polar surface area (TPSA) is 47.3 Å². The lowest BCUT2D eigenvalue weighted by Gasteiger charge is -2.23. The first-order chi connectivity index (χ1) is 8.66. The fourth-order valence-corrected chi connectivity index (χ4v) is 2.24. The fraction of sp³-hybridized carbons (Fsp3) is 0.538. The highest BCUT2D eigenvalue weighted by Gasteiger charge is 2.16. The van der Waals surface area contributed by atoms with Gasteiger partial charge in [-0.2, -0.15) is 0 Å². The lowest BCUT2D eigenvalue weighted by molar-refractivity contribution is 0.0822. The minimum Gasteiger partial charge on any atom is -0.485 e. The Morgan fingerprint density at radius 1 is 1.25 bits per heavy atom. The standard InChI is InChI=1S/C13H18F2N2O.2ClH/c14-13(15)8-18-12-7-10(1-2-11(12)16)9-3-5-17-6-4-9;;/h1-2,7,9,13,17H,3-6,8,16H2;2*1H. The van der Waals surface area contributed by atoms with E-state index in [9.17, 15) is 8.78 Å². The predicted molar refractivity (Wildman–Crippen MR) is 81.7 cm³/mol. The van der Waals surface area contributed by atoms with Gasteiger partial charge >= 0.3 is 0 Å². The first-order valence-corrected chi connectivity index (χ1v) is 6.18. The molecule has 0 saturated carbocycles. The monoisotopic (exact) mass is 328 g/mol. The smallest absolute Gasteiger partial charge is 0.272 e. The maximum Gasteiger partial charge on any atom is 0.272 e. The fourth-order valence-electron chi connectivity index (χ4n) is 2.24. The summed E-state index contributed by atoms with van der Waals surface area (Å²) in [6.45, 7) is 1.37. The third kappa shape index (κ3) is 5.31. The molecule has 0 spiro atoms. The van der Waals surface area contributed by atoms with Gasteiger partial charge in [-0.15, -0.1) is 24.8 Å². The number of nitrogen functional groups attached to an aromatic ring is 1. The van der Waals surface area contributed by atoms with Crippen molar-refractivity contribution in [1.29, 1.82) is 0 Å². The highest BCUT2D eigenvalue weighted by atomic mass is 35.5. The second-order valence-electron chi connectivity index (χ2n) is 4.52. The van der Waals surface area contributed by atoms with Crippen LogP contribution >= 0.6 is 24.8 Å². The summed E-state index contributed by atoms with van der Waals surface area (Å²) in [5.74, 6) is 0.826. The van der Waals surface area contributed by atoms with Gasteiger partial charge in [0.25, 0.3) is 6.43 Å². The molecule has 1 aliphatic rings. The number of hydrogen-bond donors (Lipinski definition) is 2. The average molecular weight is 329 g/mol. The number of nitrogens with two attached hydrogens (primary N) is 1. The van der Waals surface area contributed by atoms with Crippen LogP contribution in [0.25, 0.3) is 0 Å². The minimum atomic E-state index is -2.48. The zero-order chi connectivity index (χ0) is 13.0. The molecule has 0 aliphatic carbocycles. The molecule has 1 aromatic carbocycles. The van der Waals surface area contributed by atoms with Crippen LogP contribution in [0.15, 0.2) is 18.2 Å². The van der Waals surface area contributed by atoms with Crippen molar-refractivity contribution in [2.75, 3.05) is 25.4 Å². The Hall–Kier alpha value is -0.780. The molecule has 20 heavy (non-hydrogen) atoms. The number of piperidine rings is 1. The van der Waals surface area contributed by atoms with Crippen LogP contribution in [0.2, 0.25) is 0 Å². The van der Waals surface area contributed by atoms with Crippen LogP contribution in [-0.2, 0) is 0 Å². The van der Waals surface area contributed by atoms with Crippen molar-refractivity contribution >= 4 is 30.5 Å². The van der Waals surface area contributed by atoms with Crippen LogP contribution in [0, 0.1) is 0 Å². The molecule has 2 rings (SSSR count). The van der Waals surface area contributed by atoms with E-state index in [0.29, 0.717) is 17.4 Å². The molecule has 0 radical (unpaired) electrons. The Bertz CT molecular complexity index is 402. The van der Waals surface area contributed by atoms with Crippen LogP contribution < -0.4 is 15.8 Å². The SMILES string of the molecule is Cl.Cl.Nc1ccc(C2CCNCC2)cc1OCC(F)F. The summed E-state index contributed by atoms with van der Waals surface area (Å²) in [4.78, 5) is 0. The zero-order valence-electron chi connectivity index (χ0n) is 11.0. The highest BCUT2D eigenvalue weighted by Crippen LogP contribution is 2.31. The van der Waals surface area contributed by atoms with Gasteiger partial charge in [0.05, 0.1) is 5.69 Å². The van der Waals surface area contributed by atoms with E-state index in [0.717, 1.165) is 31.5 Å². The number of rotatable bonds is 4. The Morgan fingerprint density at radius 3 is 2.50 bits per heavy atom. The zero-order valence-corrected chi connectivity index (χ0v) is 12.6. The number of anilines is 1. The van der Waals surface area contributed by atoms with Crippen LogP contribution in [0.1, 0.15) is 24.3 Å². The maximum absolute atomic E-state index is 12.1. The lowest BCUT2D eigenvalue weighted by atomic mass is 9.90. The van der Waals surface area contributed by atoms with Crippen LogP contribution in [0.3, 0.4) is 0 Å². The van der Waals surface area contributed by atoms with Gasteiger partial charge in [0.1, 0.15) is 12.4 Å². The number of alkyl halides is 2. The van der Waals surface area contributed by atoms with Crippen molar-refractivity contribution in [2.24, 2.45) is 0 Å². The highest BCUT2D eigenvalue weighted by molar-refractivity contribution is 5.85. The summed E-state index contributed by atoms with van der Waals surface area (Å²) < 4.78 is 29.3. The van der Waals surface area contributed by atoms with E-state index in [-0.39, 0.29) is 24.8 Å². The molecule has 0 atom stereocenters. The van der Waals surface area contributed by atoms with Crippen molar-refractivity contribution < 1.29 is 13.5 Å². The summed E-state index contributed by atoms with van der Waals surface area (Å²) in [7, 11) is 0. The van der Waals surface area contributed by atoms with E-state index >= 15 is 0 Å². The van der Waals surface area contributed by atoms with Crippen LogP contribution in [0.4, 0.5) is 14.5 Å². The van der Waals surface area contributed by atoms with Gasteiger partial charge in [-0.05, 0) is 49.5 Å². The van der Waals surface area contributed by atoms with Crippen molar-refractivity contribution in [1.82, 2.24) is 5.32 Å². The molecule has 116 valence electrons. The second-order valence-corrected chi connectivity index (χ2v) is 4.52. The third-order valence-corrected chi connectivity index (χ3v) is 3.21. The summed E-state index contributed by atoms with van der Waals surface area (Å²) in [6, 6.07) is 5.49. The number of benzene rings is 1. The van der Waals surface area contributed by atoms with Crippen molar-refractivity contribution in [3.63, 3.8) is 0 Å². The molecule has 0 bridgehead atoms. The molecule has 0 unspecified atom stereocenters. The molecule has 3 nitrogen and oxygen atoms in total. The van der Waals surface area contributed by atoms with Gasteiger partial charge in [-0.25, -0.2) is 8.78 Å². The molecule has 7 heteroatoms. The van der Waals surface area contributed by atoms with Gasteiger partial charge < -0.3 is 15.8 Å². The van der Waals surface area contributed by atoms with Crippen LogP contribution in [-0.4, -0.2) is 26.1 Å². The Morgan fingerprint density at radius 2 is 1.90 bits per heavy atom. The normalized spacial score (nSPS) is 15.3. The largest absolute Gasteiger partial charge is 0.485 e. The van der Waals surface area contributed by atoms with Crippen molar-refractivity contribution in [3.05, 3.63) is 23.8 Å². The van der Waals surface area contributed by atoms with Gasteiger partial charge in [-0.1, -0.05) is 6.07 Å². The second kappa shape index (κ2) is 9.21. The van der Waals surface area contributed by atoms with Crippen LogP contribution in [0.5, 0.6) is 5.75 Å². The van der Waals surface area contributed by atoms with Crippen molar-refractivity contribution in [2.45, 2.75) is 25.2 Å². The molecule has 1 aromatic rings. The summed E-state index contributed by atoms with van der Waals surface area (Å²) in [5, 5.41) is 3.30. The molecule has 1 saturated heterocycles. The molecule has 1 aliphatic heterocycles. The number of ether oxygens (including phenoxy) is 1. The summed E-state index contributed by atoms with van der Waals surface area (Å²) in [6.07, 6.45) is -0.372. The third-order valence-electron chi connectivity index (χ3n) is 3.21. The van der Waals surface area contributed by atoms with Gasteiger partial charge in [0.15, 0.2) is 0 Å². The first-order valence-electron chi connectivity index (χ1n) is 6.18. The maximum atomic E-state index is 12.1. The molecule has 0 aromatic heterocycles. The Balaban J connectivity index is 0.00000180. The van der Waals surface area contributed by atoms with Crippen molar-refractivity contribution in [3.8, 4) is 5.75 Å². The van der Waals surface area contributed by atoms with E-state index in [1.54, 1.807) is 12.1 Å². The van der Waals surface area contributed by atoms with E-state index in [2.05, 4.69) is 5.32 Å². The molecule has 1 heterocycles.